The van der Waals surface area contributed by atoms with Crippen molar-refractivity contribution >= 4 is 11.9 Å². The Morgan fingerprint density at radius 3 is 1.63 bits per heavy atom. The smallest absolute Gasteiger partial charge is 0.336 e. The number of benzene rings is 1. The second-order valence-corrected chi connectivity index (χ2v) is 3.39. The molecule has 0 atom stereocenters. The van der Waals surface area contributed by atoms with Crippen molar-refractivity contribution in [1.82, 2.24) is 5.32 Å². The van der Waals surface area contributed by atoms with Crippen molar-refractivity contribution in [3.8, 4) is 0 Å². The number of carboxylic acids is 2. The number of hydrogen-bond donors (Lipinski definition) is 3. The summed E-state index contributed by atoms with van der Waals surface area (Å²) in [5, 5.41) is 20.2. The lowest BCUT2D eigenvalue weighted by Gasteiger charge is -1.98. The van der Waals surface area contributed by atoms with Crippen molar-refractivity contribution in [2.45, 2.75) is 0 Å². The Balaban J connectivity index is 0.000000399. The summed E-state index contributed by atoms with van der Waals surface area (Å²) in [5.41, 5.74) is -0.380. The Hall–Kier alpha value is -2.40. The van der Waals surface area contributed by atoms with Gasteiger partial charge in [-0.15, -0.1) is 13.2 Å². The molecule has 5 heteroatoms. The molecule has 3 N–H and O–H groups in total. The van der Waals surface area contributed by atoms with Crippen LogP contribution in [0.1, 0.15) is 20.7 Å². The summed E-state index contributed by atoms with van der Waals surface area (Å²) in [7, 11) is 0. The Labute approximate surface area is 111 Å². The van der Waals surface area contributed by atoms with E-state index in [0.717, 1.165) is 13.1 Å². The van der Waals surface area contributed by atoms with Crippen LogP contribution in [0.3, 0.4) is 0 Å². The molecule has 0 aromatic heterocycles. The highest BCUT2D eigenvalue weighted by Crippen LogP contribution is 2.07. The molecule has 0 amide bonds. The van der Waals surface area contributed by atoms with Crippen molar-refractivity contribution in [2.24, 2.45) is 0 Å². The van der Waals surface area contributed by atoms with E-state index in [4.69, 9.17) is 10.2 Å². The molecule has 0 aliphatic heterocycles. The molecule has 19 heavy (non-hydrogen) atoms. The molecule has 0 bridgehead atoms. The van der Waals surface area contributed by atoms with Crippen LogP contribution in [0.15, 0.2) is 49.6 Å². The van der Waals surface area contributed by atoms with Crippen molar-refractivity contribution in [3.63, 3.8) is 0 Å². The molecular weight excluding hydrogens is 246 g/mol. The van der Waals surface area contributed by atoms with Crippen LogP contribution in [-0.2, 0) is 0 Å². The largest absolute Gasteiger partial charge is 0.478 e. The van der Waals surface area contributed by atoms with Crippen LogP contribution in [0.25, 0.3) is 0 Å². The molecule has 0 spiro atoms. The molecule has 102 valence electrons. The maximum absolute atomic E-state index is 10.5. The van der Waals surface area contributed by atoms with Gasteiger partial charge in [-0.2, -0.15) is 0 Å². The highest BCUT2D eigenvalue weighted by atomic mass is 16.4. The molecule has 0 fully saturated rings. The SMILES string of the molecule is C=CCNCC=C.O=C(O)c1ccccc1C(=O)O. The van der Waals surface area contributed by atoms with Crippen LogP contribution < -0.4 is 5.32 Å². The zero-order valence-electron chi connectivity index (χ0n) is 10.5. The van der Waals surface area contributed by atoms with E-state index >= 15 is 0 Å². The van der Waals surface area contributed by atoms with Gasteiger partial charge in [0.15, 0.2) is 0 Å². The molecule has 0 saturated carbocycles. The average Bonchev–Trinajstić information content (AvgIpc) is 2.40. The molecule has 0 unspecified atom stereocenters. The van der Waals surface area contributed by atoms with Crippen LogP contribution in [0, 0.1) is 0 Å². The highest BCUT2D eigenvalue weighted by Gasteiger charge is 2.13. The first-order valence-electron chi connectivity index (χ1n) is 5.52. The molecule has 0 saturated heterocycles. The van der Waals surface area contributed by atoms with Gasteiger partial charge in [-0.25, -0.2) is 9.59 Å². The van der Waals surface area contributed by atoms with E-state index < -0.39 is 11.9 Å². The summed E-state index contributed by atoms with van der Waals surface area (Å²) >= 11 is 0. The summed E-state index contributed by atoms with van der Waals surface area (Å²) < 4.78 is 0. The monoisotopic (exact) mass is 263 g/mol. The fourth-order valence-corrected chi connectivity index (χ4v) is 1.14. The van der Waals surface area contributed by atoms with Crippen LogP contribution in [0.2, 0.25) is 0 Å². The van der Waals surface area contributed by atoms with Crippen LogP contribution in [0.4, 0.5) is 0 Å². The van der Waals surface area contributed by atoms with E-state index in [-0.39, 0.29) is 11.1 Å². The third-order valence-corrected chi connectivity index (χ3v) is 1.97. The predicted octanol–water partition coefficient (Wildman–Crippen LogP) is 2.03. The van der Waals surface area contributed by atoms with E-state index in [0.29, 0.717) is 0 Å². The number of hydrogen-bond acceptors (Lipinski definition) is 3. The van der Waals surface area contributed by atoms with E-state index in [2.05, 4.69) is 18.5 Å². The van der Waals surface area contributed by atoms with E-state index in [1.807, 2.05) is 12.2 Å². The number of carboxylic acid groups (broad SMARTS) is 2. The Morgan fingerprint density at radius 1 is 1.00 bits per heavy atom. The third kappa shape index (κ3) is 6.80. The minimum absolute atomic E-state index is 0.190. The van der Waals surface area contributed by atoms with Crippen molar-refractivity contribution in [2.75, 3.05) is 13.1 Å². The Morgan fingerprint density at radius 2 is 1.37 bits per heavy atom. The number of nitrogens with one attached hydrogen (secondary N) is 1. The van der Waals surface area contributed by atoms with Crippen LogP contribution in [0.5, 0.6) is 0 Å². The van der Waals surface area contributed by atoms with Gasteiger partial charge < -0.3 is 15.5 Å². The van der Waals surface area contributed by atoms with Crippen LogP contribution in [-0.4, -0.2) is 35.2 Å². The first-order chi connectivity index (χ1) is 9.04. The standard InChI is InChI=1S/C8H6O4.C6H11N/c9-7(10)5-3-1-2-4-6(5)8(11)12;1-3-5-7-6-4-2/h1-4H,(H,9,10)(H,11,12);3-4,7H,1-2,5-6H2. The fraction of sp³-hybridized carbons (Fsp3) is 0.143. The minimum Gasteiger partial charge on any atom is -0.478 e. The fourth-order valence-electron chi connectivity index (χ4n) is 1.14. The van der Waals surface area contributed by atoms with Crippen molar-refractivity contribution < 1.29 is 19.8 Å². The van der Waals surface area contributed by atoms with Crippen LogP contribution >= 0.6 is 0 Å². The predicted molar refractivity (Wildman–Crippen MR) is 73.6 cm³/mol. The Bertz CT molecular complexity index is 414. The minimum atomic E-state index is -1.23. The lowest BCUT2D eigenvalue weighted by Crippen LogP contribution is -2.11. The molecule has 0 aliphatic rings. The van der Waals surface area contributed by atoms with Gasteiger partial charge >= 0.3 is 11.9 Å². The van der Waals surface area contributed by atoms with Gasteiger partial charge in [0.25, 0.3) is 0 Å². The summed E-state index contributed by atoms with van der Waals surface area (Å²) in [6, 6.07) is 5.48. The lowest BCUT2D eigenvalue weighted by atomic mass is 10.1. The first kappa shape index (κ1) is 16.6. The zero-order valence-corrected chi connectivity index (χ0v) is 10.5. The number of aromatic carboxylic acids is 2. The van der Waals surface area contributed by atoms with Gasteiger partial charge in [0.05, 0.1) is 11.1 Å². The summed E-state index contributed by atoms with van der Waals surface area (Å²) in [4.78, 5) is 20.9. The van der Waals surface area contributed by atoms with Gasteiger partial charge in [-0.3, -0.25) is 0 Å². The first-order valence-corrected chi connectivity index (χ1v) is 5.52. The Kier molecular flexibility index (Phi) is 8.40. The second-order valence-electron chi connectivity index (χ2n) is 3.39. The lowest BCUT2D eigenvalue weighted by molar-refractivity contribution is 0.0651. The average molecular weight is 263 g/mol. The molecule has 0 radical (unpaired) electrons. The molecule has 1 rings (SSSR count). The maximum Gasteiger partial charge on any atom is 0.336 e. The topological polar surface area (TPSA) is 86.6 Å². The molecule has 1 aromatic rings. The molecule has 5 nitrogen and oxygen atoms in total. The summed E-state index contributed by atoms with van der Waals surface area (Å²) in [6.45, 7) is 8.81. The van der Waals surface area contributed by atoms with Crippen molar-refractivity contribution in [3.05, 3.63) is 60.7 Å². The van der Waals surface area contributed by atoms with Gasteiger partial charge in [0, 0.05) is 13.1 Å². The highest BCUT2D eigenvalue weighted by molar-refractivity contribution is 6.01. The van der Waals surface area contributed by atoms with Crippen molar-refractivity contribution in [1.29, 1.82) is 0 Å². The van der Waals surface area contributed by atoms with Gasteiger partial charge in [0.2, 0.25) is 0 Å². The number of carbonyl (C=O) groups is 2. The molecule has 0 heterocycles. The normalized spacial score (nSPS) is 8.84. The molecule has 1 aromatic carbocycles. The second kappa shape index (κ2) is 9.61. The summed E-state index contributed by atoms with van der Waals surface area (Å²) in [6.07, 6.45) is 3.65. The zero-order chi connectivity index (χ0) is 14.7. The third-order valence-electron chi connectivity index (χ3n) is 1.97. The molecular formula is C14H17NO4. The van der Waals surface area contributed by atoms with E-state index in [1.54, 1.807) is 0 Å². The van der Waals surface area contributed by atoms with E-state index in [1.165, 1.54) is 24.3 Å². The van der Waals surface area contributed by atoms with Gasteiger partial charge in [0.1, 0.15) is 0 Å². The molecule has 0 aliphatic carbocycles. The summed E-state index contributed by atoms with van der Waals surface area (Å²) in [5.74, 6) is -2.46. The number of rotatable bonds is 6. The van der Waals surface area contributed by atoms with Gasteiger partial charge in [-0.05, 0) is 12.1 Å². The quantitative estimate of drug-likeness (QED) is 0.540. The van der Waals surface area contributed by atoms with E-state index in [9.17, 15) is 9.59 Å². The van der Waals surface area contributed by atoms with Gasteiger partial charge in [-0.1, -0.05) is 24.3 Å². The maximum atomic E-state index is 10.5.